The monoisotopic (exact) mass is 396 g/mol. The molecule has 1 amide bonds. The summed E-state index contributed by atoms with van der Waals surface area (Å²) >= 11 is 1.51. The summed E-state index contributed by atoms with van der Waals surface area (Å²) < 4.78 is 5.22. The van der Waals surface area contributed by atoms with E-state index in [-0.39, 0.29) is 11.3 Å². The van der Waals surface area contributed by atoms with Gasteiger partial charge in [0.25, 0.3) is 0 Å². The molecule has 5 heteroatoms. The SMILES string of the molecule is COc1ccc(-c2csc(NC(=O)C34CC5C[C@](C)(C3)C[C@](C)(C5)C4)n2)cc1. The zero-order chi connectivity index (χ0) is 19.6. The first kappa shape index (κ1) is 18.2. The molecular weight excluding hydrogens is 368 g/mol. The molecule has 1 aromatic heterocycles. The van der Waals surface area contributed by atoms with Gasteiger partial charge in [-0.3, -0.25) is 4.79 Å². The van der Waals surface area contributed by atoms with Gasteiger partial charge in [0.05, 0.1) is 18.2 Å². The van der Waals surface area contributed by atoms with Gasteiger partial charge >= 0.3 is 0 Å². The van der Waals surface area contributed by atoms with Gasteiger partial charge in [-0.2, -0.15) is 0 Å². The summed E-state index contributed by atoms with van der Waals surface area (Å²) in [6.45, 7) is 4.81. The molecule has 4 aliphatic carbocycles. The lowest BCUT2D eigenvalue weighted by Gasteiger charge is -2.64. The first-order valence-electron chi connectivity index (χ1n) is 10.2. The summed E-state index contributed by atoms with van der Waals surface area (Å²) in [5.41, 5.74) is 2.40. The van der Waals surface area contributed by atoms with Crippen molar-refractivity contribution in [3.8, 4) is 17.0 Å². The fourth-order valence-electron chi connectivity index (χ4n) is 7.16. The van der Waals surface area contributed by atoms with Crippen LogP contribution in [-0.4, -0.2) is 18.0 Å². The number of hydrogen-bond acceptors (Lipinski definition) is 4. The molecule has 0 radical (unpaired) electrons. The van der Waals surface area contributed by atoms with Gasteiger partial charge < -0.3 is 10.1 Å². The highest BCUT2D eigenvalue weighted by Gasteiger charge is 2.62. The molecule has 4 aliphatic rings. The average molecular weight is 397 g/mol. The van der Waals surface area contributed by atoms with E-state index in [1.165, 1.54) is 30.6 Å². The number of nitrogens with zero attached hydrogens (tertiary/aromatic N) is 1. The van der Waals surface area contributed by atoms with Crippen LogP contribution in [0.4, 0.5) is 5.13 Å². The van der Waals surface area contributed by atoms with Crippen LogP contribution in [0.15, 0.2) is 29.6 Å². The van der Waals surface area contributed by atoms with Gasteiger partial charge in [0.15, 0.2) is 5.13 Å². The largest absolute Gasteiger partial charge is 0.497 e. The summed E-state index contributed by atoms with van der Waals surface area (Å²) in [6, 6.07) is 7.87. The Labute approximate surface area is 170 Å². The van der Waals surface area contributed by atoms with Crippen molar-refractivity contribution in [3.63, 3.8) is 0 Å². The number of aromatic nitrogens is 1. The van der Waals surface area contributed by atoms with Crippen molar-refractivity contribution in [1.82, 2.24) is 4.98 Å². The van der Waals surface area contributed by atoms with Gasteiger partial charge in [-0.05, 0) is 79.5 Å². The number of ether oxygens (including phenoxy) is 1. The Bertz CT molecular complexity index is 901. The van der Waals surface area contributed by atoms with Crippen molar-refractivity contribution >= 4 is 22.4 Å². The van der Waals surface area contributed by atoms with Crippen molar-refractivity contribution in [1.29, 1.82) is 0 Å². The zero-order valence-corrected chi connectivity index (χ0v) is 17.7. The second-order valence-corrected chi connectivity index (χ2v) is 11.0. The molecule has 0 aliphatic heterocycles. The molecule has 0 unspecified atom stereocenters. The molecule has 1 aromatic carbocycles. The predicted molar refractivity (Wildman–Crippen MR) is 113 cm³/mol. The van der Waals surface area contributed by atoms with Gasteiger partial charge in [0.1, 0.15) is 5.75 Å². The number of thiazole rings is 1. The van der Waals surface area contributed by atoms with E-state index in [4.69, 9.17) is 4.74 Å². The number of amides is 1. The van der Waals surface area contributed by atoms with Crippen LogP contribution >= 0.6 is 11.3 Å². The minimum absolute atomic E-state index is 0.199. The van der Waals surface area contributed by atoms with E-state index in [1.807, 2.05) is 29.6 Å². The average Bonchev–Trinajstić information content (AvgIpc) is 3.07. The highest BCUT2D eigenvalue weighted by Crippen LogP contribution is 2.69. The Kier molecular flexibility index (Phi) is 3.93. The van der Waals surface area contributed by atoms with Gasteiger partial charge in [0.2, 0.25) is 5.91 Å². The minimum atomic E-state index is -0.200. The summed E-state index contributed by atoms with van der Waals surface area (Å²) in [7, 11) is 1.66. The van der Waals surface area contributed by atoms with E-state index in [1.54, 1.807) is 7.11 Å². The van der Waals surface area contributed by atoms with Gasteiger partial charge in [0, 0.05) is 10.9 Å². The molecule has 4 bridgehead atoms. The highest BCUT2D eigenvalue weighted by atomic mass is 32.1. The van der Waals surface area contributed by atoms with E-state index < -0.39 is 0 Å². The maximum Gasteiger partial charge on any atom is 0.232 e. The number of nitrogens with one attached hydrogen (secondary N) is 1. The number of carbonyl (C=O) groups excluding carboxylic acids is 1. The molecular formula is C23H28N2O2S. The second kappa shape index (κ2) is 6.06. The van der Waals surface area contributed by atoms with E-state index in [2.05, 4.69) is 24.1 Å². The Morgan fingerprint density at radius 3 is 2.39 bits per heavy atom. The first-order chi connectivity index (χ1) is 13.3. The molecule has 28 heavy (non-hydrogen) atoms. The smallest absolute Gasteiger partial charge is 0.232 e. The van der Waals surface area contributed by atoms with Crippen LogP contribution in [0.1, 0.15) is 52.4 Å². The second-order valence-electron chi connectivity index (χ2n) is 10.1. The third-order valence-electron chi connectivity index (χ3n) is 7.22. The number of anilines is 1. The van der Waals surface area contributed by atoms with Crippen LogP contribution in [0.3, 0.4) is 0 Å². The van der Waals surface area contributed by atoms with Crippen molar-refractivity contribution in [2.24, 2.45) is 22.2 Å². The lowest BCUT2D eigenvalue weighted by molar-refractivity contribution is -0.165. The van der Waals surface area contributed by atoms with Crippen molar-refractivity contribution in [2.75, 3.05) is 12.4 Å². The first-order valence-corrected chi connectivity index (χ1v) is 11.1. The van der Waals surface area contributed by atoms with Gasteiger partial charge in [-0.25, -0.2) is 4.98 Å². The Morgan fingerprint density at radius 1 is 1.11 bits per heavy atom. The molecule has 2 aromatic rings. The normalized spacial score (nSPS) is 35.8. The zero-order valence-electron chi connectivity index (χ0n) is 16.9. The van der Waals surface area contributed by atoms with E-state index in [0.29, 0.717) is 21.9 Å². The van der Waals surface area contributed by atoms with Crippen LogP contribution < -0.4 is 10.1 Å². The van der Waals surface area contributed by atoms with Crippen molar-refractivity contribution < 1.29 is 9.53 Å². The molecule has 0 spiro atoms. The Balaban J connectivity index is 1.35. The third-order valence-corrected chi connectivity index (χ3v) is 7.98. The minimum Gasteiger partial charge on any atom is -0.497 e. The van der Waals surface area contributed by atoms with Crippen molar-refractivity contribution in [2.45, 2.75) is 52.4 Å². The predicted octanol–water partition coefficient (Wildman–Crippen LogP) is 5.75. The highest BCUT2D eigenvalue weighted by molar-refractivity contribution is 7.14. The molecule has 6 rings (SSSR count). The van der Waals surface area contributed by atoms with Gasteiger partial charge in [-0.15, -0.1) is 11.3 Å². The molecule has 1 N–H and O–H groups in total. The summed E-state index contributed by atoms with van der Waals surface area (Å²) in [5.74, 6) is 1.74. The molecule has 4 nitrogen and oxygen atoms in total. The Morgan fingerprint density at radius 2 is 1.79 bits per heavy atom. The molecule has 1 heterocycles. The topological polar surface area (TPSA) is 51.2 Å². The lowest BCUT2D eigenvalue weighted by atomic mass is 9.40. The molecule has 0 saturated heterocycles. The number of carbonyl (C=O) groups is 1. The Hall–Kier alpha value is -1.88. The number of rotatable bonds is 4. The number of methoxy groups -OCH3 is 1. The van der Waals surface area contributed by atoms with Crippen LogP contribution in [0.2, 0.25) is 0 Å². The van der Waals surface area contributed by atoms with Crippen LogP contribution in [0.25, 0.3) is 11.3 Å². The quantitative estimate of drug-likeness (QED) is 0.715. The maximum absolute atomic E-state index is 13.4. The third kappa shape index (κ3) is 2.95. The van der Waals surface area contributed by atoms with E-state index >= 15 is 0 Å². The fourth-order valence-corrected chi connectivity index (χ4v) is 7.87. The summed E-state index contributed by atoms with van der Waals surface area (Å²) in [4.78, 5) is 18.1. The standard InChI is InChI=1S/C23H28N2O2S/c1-21-8-15-9-22(2,12-21)14-23(10-15,13-21)19(26)25-20-24-18(11-28-20)16-4-6-17(27-3)7-5-16/h4-7,11,15H,8-10,12-14H2,1-3H3,(H,24,25,26)/t15?,21-,22-,23?/m0/s1. The summed E-state index contributed by atoms with van der Waals surface area (Å²) in [6.07, 6.45) is 7.02. The summed E-state index contributed by atoms with van der Waals surface area (Å²) in [5, 5.41) is 5.91. The van der Waals surface area contributed by atoms with E-state index in [9.17, 15) is 4.79 Å². The van der Waals surface area contributed by atoms with Gasteiger partial charge in [-0.1, -0.05) is 13.8 Å². The number of benzene rings is 1. The van der Waals surface area contributed by atoms with E-state index in [0.717, 1.165) is 36.3 Å². The van der Waals surface area contributed by atoms with Crippen LogP contribution in [0.5, 0.6) is 5.75 Å². The lowest BCUT2D eigenvalue weighted by Crippen LogP contribution is -2.58. The van der Waals surface area contributed by atoms with Crippen LogP contribution in [-0.2, 0) is 4.79 Å². The molecule has 4 saturated carbocycles. The maximum atomic E-state index is 13.4. The number of hydrogen-bond donors (Lipinski definition) is 1. The molecule has 4 fully saturated rings. The molecule has 2 atom stereocenters. The van der Waals surface area contributed by atoms with Crippen molar-refractivity contribution in [3.05, 3.63) is 29.6 Å². The fraction of sp³-hybridized carbons (Fsp3) is 0.565. The molecule has 148 valence electrons. The van der Waals surface area contributed by atoms with Crippen LogP contribution in [0, 0.1) is 22.2 Å².